The van der Waals surface area contributed by atoms with Crippen molar-refractivity contribution in [2.75, 3.05) is 7.11 Å². The zero-order valence-electron chi connectivity index (χ0n) is 14.8. The van der Waals surface area contributed by atoms with Crippen LogP contribution in [0.2, 0.25) is 0 Å². The predicted molar refractivity (Wildman–Crippen MR) is 98.5 cm³/mol. The molecule has 134 valence electrons. The highest BCUT2D eigenvalue weighted by atomic mass is 16.5. The molecule has 6 nitrogen and oxygen atoms in total. The molecule has 1 atom stereocenters. The van der Waals surface area contributed by atoms with Crippen LogP contribution in [0.1, 0.15) is 12.5 Å². The monoisotopic (exact) mass is 351 g/mol. The first kappa shape index (κ1) is 17.5. The third-order valence-electron chi connectivity index (χ3n) is 3.93. The number of benzene rings is 2. The van der Waals surface area contributed by atoms with Gasteiger partial charge in [-0.2, -0.15) is 0 Å². The molecule has 0 saturated heterocycles. The maximum Gasteiger partial charge on any atom is 0.261 e. The summed E-state index contributed by atoms with van der Waals surface area (Å²) in [4.78, 5) is 16.3. The highest BCUT2D eigenvalue weighted by Gasteiger charge is 2.14. The zero-order valence-corrected chi connectivity index (χ0v) is 14.8. The van der Waals surface area contributed by atoms with Crippen LogP contribution in [0.25, 0.3) is 5.69 Å². The normalized spacial score (nSPS) is 11.6. The van der Waals surface area contributed by atoms with Crippen LogP contribution in [-0.2, 0) is 11.3 Å². The van der Waals surface area contributed by atoms with Gasteiger partial charge in [-0.05, 0) is 36.8 Å². The second-order valence-electron chi connectivity index (χ2n) is 5.79. The van der Waals surface area contributed by atoms with Crippen LogP contribution in [0.3, 0.4) is 0 Å². The van der Waals surface area contributed by atoms with Crippen molar-refractivity contribution in [1.29, 1.82) is 0 Å². The van der Waals surface area contributed by atoms with Gasteiger partial charge in [-0.1, -0.05) is 18.2 Å². The first-order valence-electron chi connectivity index (χ1n) is 8.31. The number of rotatable bonds is 7. The van der Waals surface area contributed by atoms with E-state index in [2.05, 4.69) is 10.3 Å². The van der Waals surface area contributed by atoms with Crippen molar-refractivity contribution in [2.24, 2.45) is 0 Å². The maximum atomic E-state index is 12.2. The first-order chi connectivity index (χ1) is 12.7. The van der Waals surface area contributed by atoms with Gasteiger partial charge >= 0.3 is 0 Å². The van der Waals surface area contributed by atoms with E-state index in [0.29, 0.717) is 18.0 Å². The number of carbonyl (C=O) groups excluding carboxylic acids is 1. The highest BCUT2D eigenvalue weighted by molar-refractivity contribution is 5.80. The van der Waals surface area contributed by atoms with E-state index in [9.17, 15) is 4.79 Å². The Bertz CT molecular complexity index is 845. The van der Waals surface area contributed by atoms with Gasteiger partial charge in [0.25, 0.3) is 5.91 Å². The Hall–Kier alpha value is -3.28. The van der Waals surface area contributed by atoms with E-state index in [1.165, 1.54) is 0 Å². The molecular formula is C20H21N3O3. The lowest BCUT2D eigenvalue weighted by Gasteiger charge is -2.15. The van der Waals surface area contributed by atoms with E-state index in [0.717, 1.165) is 11.3 Å². The topological polar surface area (TPSA) is 65.4 Å². The minimum Gasteiger partial charge on any atom is -0.497 e. The summed E-state index contributed by atoms with van der Waals surface area (Å²) in [5, 5.41) is 2.89. The van der Waals surface area contributed by atoms with Crippen molar-refractivity contribution in [3.05, 3.63) is 72.8 Å². The van der Waals surface area contributed by atoms with Crippen molar-refractivity contribution in [3.8, 4) is 17.2 Å². The molecule has 0 fully saturated rings. The van der Waals surface area contributed by atoms with Gasteiger partial charge in [-0.3, -0.25) is 4.79 Å². The lowest BCUT2D eigenvalue weighted by Crippen LogP contribution is -2.35. The summed E-state index contributed by atoms with van der Waals surface area (Å²) in [5.41, 5.74) is 2.03. The molecule has 0 bridgehead atoms. The molecule has 0 aliphatic rings. The number of methoxy groups -OCH3 is 1. The molecule has 1 amide bonds. The number of ether oxygens (including phenoxy) is 2. The Kier molecular flexibility index (Phi) is 5.53. The molecular weight excluding hydrogens is 330 g/mol. The summed E-state index contributed by atoms with van der Waals surface area (Å²) in [5.74, 6) is 1.11. The maximum absolute atomic E-state index is 12.2. The first-order valence-corrected chi connectivity index (χ1v) is 8.31. The third-order valence-corrected chi connectivity index (χ3v) is 3.93. The molecule has 3 aromatic rings. The molecule has 2 aromatic carbocycles. The number of nitrogens with one attached hydrogen (secondary N) is 1. The van der Waals surface area contributed by atoms with Crippen LogP contribution in [0.15, 0.2) is 67.3 Å². The molecule has 1 heterocycles. The van der Waals surface area contributed by atoms with Gasteiger partial charge in [0, 0.05) is 30.7 Å². The number of carbonyl (C=O) groups is 1. The summed E-state index contributed by atoms with van der Waals surface area (Å²) in [6.07, 6.45) is 4.76. The number of amides is 1. The average molecular weight is 351 g/mol. The Balaban J connectivity index is 1.52. The Morgan fingerprint density at radius 3 is 2.65 bits per heavy atom. The second kappa shape index (κ2) is 8.20. The minimum absolute atomic E-state index is 0.175. The van der Waals surface area contributed by atoms with Crippen LogP contribution >= 0.6 is 0 Å². The summed E-state index contributed by atoms with van der Waals surface area (Å²) in [6, 6.07) is 15.1. The van der Waals surface area contributed by atoms with Crippen LogP contribution in [0, 0.1) is 0 Å². The SMILES string of the molecule is COc1cccc(O[C@@H](C)C(=O)NCc2ccc(-n3ccnc3)cc2)c1. The molecule has 0 spiro atoms. The summed E-state index contributed by atoms with van der Waals surface area (Å²) in [7, 11) is 1.59. The quantitative estimate of drug-likeness (QED) is 0.711. The van der Waals surface area contributed by atoms with E-state index in [-0.39, 0.29) is 5.91 Å². The smallest absolute Gasteiger partial charge is 0.261 e. The Morgan fingerprint density at radius 1 is 1.19 bits per heavy atom. The van der Waals surface area contributed by atoms with Crippen molar-refractivity contribution < 1.29 is 14.3 Å². The van der Waals surface area contributed by atoms with Crippen molar-refractivity contribution in [1.82, 2.24) is 14.9 Å². The molecule has 0 unspecified atom stereocenters. The van der Waals surface area contributed by atoms with Crippen molar-refractivity contribution >= 4 is 5.91 Å². The molecule has 0 radical (unpaired) electrons. The Morgan fingerprint density at radius 2 is 1.96 bits per heavy atom. The zero-order chi connectivity index (χ0) is 18.4. The molecule has 6 heteroatoms. The Labute approximate surface area is 152 Å². The summed E-state index contributed by atoms with van der Waals surface area (Å²) in [6.45, 7) is 2.16. The third kappa shape index (κ3) is 4.42. The number of hydrogen-bond donors (Lipinski definition) is 1. The fourth-order valence-electron chi connectivity index (χ4n) is 2.46. The van der Waals surface area contributed by atoms with Crippen LogP contribution in [0.5, 0.6) is 11.5 Å². The largest absolute Gasteiger partial charge is 0.497 e. The van der Waals surface area contributed by atoms with Crippen molar-refractivity contribution in [2.45, 2.75) is 19.6 Å². The van der Waals surface area contributed by atoms with Crippen LogP contribution in [-0.4, -0.2) is 28.7 Å². The van der Waals surface area contributed by atoms with Crippen LogP contribution < -0.4 is 14.8 Å². The number of aromatic nitrogens is 2. The predicted octanol–water partition coefficient (Wildman–Crippen LogP) is 2.96. The van der Waals surface area contributed by atoms with E-state index in [1.54, 1.807) is 38.7 Å². The highest BCUT2D eigenvalue weighted by Crippen LogP contribution is 2.20. The van der Waals surface area contributed by atoms with E-state index in [1.807, 2.05) is 47.2 Å². The number of hydrogen-bond acceptors (Lipinski definition) is 4. The fraction of sp³-hybridized carbons (Fsp3) is 0.200. The lowest BCUT2D eigenvalue weighted by molar-refractivity contribution is -0.127. The van der Waals surface area contributed by atoms with Gasteiger partial charge in [0.05, 0.1) is 13.4 Å². The fourth-order valence-corrected chi connectivity index (χ4v) is 2.46. The van der Waals surface area contributed by atoms with E-state index in [4.69, 9.17) is 9.47 Å². The van der Waals surface area contributed by atoms with Gasteiger partial charge in [-0.15, -0.1) is 0 Å². The molecule has 0 aliphatic heterocycles. The molecule has 26 heavy (non-hydrogen) atoms. The molecule has 1 aromatic heterocycles. The molecule has 0 saturated carbocycles. The standard InChI is InChI=1S/C20H21N3O3/c1-15(26-19-5-3-4-18(12-19)25-2)20(24)22-13-16-6-8-17(9-7-16)23-11-10-21-14-23/h3-12,14-15H,13H2,1-2H3,(H,22,24)/t15-/m0/s1. The summed E-state index contributed by atoms with van der Waals surface area (Å²) < 4.78 is 12.7. The molecule has 0 aliphatic carbocycles. The molecule has 3 rings (SSSR count). The van der Waals surface area contributed by atoms with E-state index >= 15 is 0 Å². The second-order valence-corrected chi connectivity index (χ2v) is 5.79. The van der Waals surface area contributed by atoms with Gasteiger partial charge in [0.15, 0.2) is 6.10 Å². The minimum atomic E-state index is -0.604. The van der Waals surface area contributed by atoms with Gasteiger partial charge in [-0.25, -0.2) is 4.98 Å². The van der Waals surface area contributed by atoms with Gasteiger partial charge in [0.2, 0.25) is 0 Å². The van der Waals surface area contributed by atoms with Gasteiger partial charge in [0.1, 0.15) is 11.5 Å². The molecule has 1 N–H and O–H groups in total. The van der Waals surface area contributed by atoms with E-state index < -0.39 is 6.10 Å². The number of nitrogens with zero attached hydrogens (tertiary/aromatic N) is 2. The average Bonchev–Trinajstić information content (AvgIpc) is 3.21. The lowest BCUT2D eigenvalue weighted by atomic mass is 10.2. The van der Waals surface area contributed by atoms with Crippen molar-refractivity contribution in [3.63, 3.8) is 0 Å². The number of imidazole rings is 1. The van der Waals surface area contributed by atoms with Crippen LogP contribution in [0.4, 0.5) is 0 Å². The summed E-state index contributed by atoms with van der Waals surface area (Å²) >= 11 is 0. The van der Waals surface area contributed by atoms with Gasteiger partial charge < -0.3 is 19.4 Å².